The van der Waals surface area contributed by atoms with Crippen molar-refractivity contribution in [3.63, 3.8) is 0 Å². The predicted octanol–water partition coefficient (Wildman–Crippen LogP) is 2.02. The van der Waals surface area contributed by atoms with Crippen LogP contribution in [0.1, 0.15) is 18.7 Å². The topological polar surface area (TPSA) is 140 Å². The van der Waals surface area contributed by atoms with Crippen LogP contribution in [0, 0.1) is 5.82 Å². The lowest BCUT2D eigenvalue weighted by Gasteiger charge is -2.22. The maximum absolute atomic E-state index is 13.2. The van der Waals surface area contributed by atoms with E-state index < -0.39 is 37.6 Å². The second kappa shape index (κ2) is 9.60. The molecule has 1 atom stereocenters. The van der Waals surface area contributed by atoms with Crippen LogP contribution in [-0.4, -0.2) is 55.6 Å². The lowest BCUT2D eigenvalue weighted by atomic mass is 10.2. The Morgan fingerprint density at radius 1 is 1.03 bits per heavy atom. The number of sulfone groups is 1. The molecule has 13 heteroatoms. The molecule has 1 aliphatic rings. The van der Waals surface area contributed by atoms with Crippen molar-refractivity contribution in [2.24, 2.45) is 0 Å². The average Bonchev–Trinajstić information content (AvgIpc) is 3.49. The molecular formula is C21H21FN4O6S2. The molecule has 1 aliphatic heterocycles. The maximum Gasteiger partial charge on any atom is 0.322 e. The van der Waals surface area contributed by atoms with Crippen molar-refractivity contribution < 1.29 is 30.4 Å². The third-order valence-electron chi connectivity index (χ3n) is 5.31. The van der Waals surface area contributed by atoms with Crippen molar-refractivity contribution in [3.8, 4) is 0 Å². The molecule has 0 spiro atoms. The van der Waals surface area contributed by atoms with Gasteiger partial charge in [0.15, 0.2) is 9.84 Å². The van der Waals surface area contributed by atoms with E-state index in [4.69, 9.17) is 4.42 Å². The molecule has 34 heavy (non-hydrogen) atoms. The van der Waals surface area contributed by atoms with Crippen molar-refractivity contribution in [2.45, 2.75) is 35.1 Å². The second-order valence-corrected chi connectivity index (χ2v) is 11.6. The minimum Gasteiger partial charge on any atom is -0.408 e. The number of benzene rings is 2. The van der Waals surface area contributed by atoms with E-state index in [1.807, 2.05) is 0 Å². The van der Waals surface area contributed by atoms with E-state index >= 15 is 0 Å². The average molecular weight is 509 g/mol. The van der Waals surface area contributed by atoms with Crippen LogP contribution in [0.4, 0.5) is 10.4 Å². The molecule has 2 aromatic carbocycles. The summed E-state index contributed by atoms with van der Waals surface area (Å²) >= 11 is 0. The number of rotatable bonds is 8. The maximum atomic E-state index is 13.2. The highest BCUT2D eigenvalue weighted by Gasteiger charge is 2.40. The molecule has 0 saturated carbocycles. The fourth-order valence-corrected chi connectivity index (χ4v) is 6.50. The van der Waals surface area contributed by atoms with Crippen LogP contribution in [-0.2, 0) is 31.1 Å². The number of sulfonamides is 1. The minimum atomic E-state index is -4.02. The lowest BCUT2D eigenvalue weighted by Crippen LogP contribution is -2.43. The molecule has 1 amide bonds. The molecule has 0 radical (unpaired) electrons. The van der Waals surface area contributed by atoms with Crippen molar-refractivity contribution in [3.05, 3.63) is 66.3 Å². The van der Waals surface area contributed by atoms with Crippen LogP contribution in [0.15, 0.2) is 68.8 Å². The smallest absolute Gasteiger partial charge is 0.322 e. The molecule has 1 unspecified atom stereocenters. The number of hydrogen-bond acceptors (Lipinski definition) is 8. The molecule has 3 aromatic rings. The fraction of sp³-hybridized carbons (Fsp3) is 0.286. The van der Waals surface area contributed by atoms with Gasteiger partial charge in [0, 0.05) is 13.0 Å². The molecule has 2 heterocycles. The van der Waals surface area contributed by atoms with Crippen LogP contribution in [0.5, 0.6) is 0 Å². The Bertz CT molecular complexity index is 1380. The predicted molar refractivity (Wildman–Crippen MR) is 118 cm³/mol. The Kier molecular flexibility index (Phi) is 6.77. The third kappa shape index (κ3) is 5.16. The van der Waals surface area contributed by atoms with Gasteiger partial charge in [-0.1, -0.05) is 23.3 Å². The van der Waals surface area contributed by atoms with Gasteiger partial charge >= 0.3 is 6.01 Å². The Labute approximate surface area is 195 Å². The van der Waals surface area contributed by atoms with Gasteiger partial charge in [0.1, 0.15) is 11.9 Å². The molecule has 0 bridgehead atoms. The number of aryl methyl sites for hydroxylation is 1. The number of amides is 1. The summed E-state index contributed by atoms with van der Waals surface area (Å²) in [5.74, 6) is -1.48. The monoisotopic (exact) mass is 508 g/mol. The Morgan fingerprint density at radius 2 is 1.74 bits per heavy atom. The Balaban J connectivity index is 1.40. The van der Waals surface area contributed by atoms with E-state index in [1.54, 1.807) is 18.2 Å². The molecule has 1 saturated heterocycles. The third-order valence-corrected chi connectivity index (χ3v) is 8.96. The van der Waals surface area contributed by atoms with Crippen molar-refractivity contribution in [1.82, 2.24) is 14.5 Å². The molecule has 180 valence electrons. The summed E-state index contributed by atoms with van der Waals surface area (Å²) in [5, 5.41) is 9.86. The number of carbonyl (C=O) groups excluding carboxylic acids is 1. The summed E-state index contributed by atoms with van der Waals surface area (Å²) in [6, 6.07) is 11.0. The number of hydrogen-bond donors (Lipinski definition) is 1. The summed E-state index contributed by atoms with van der Waals surface area (Å²) in [5.41, 5.74) is 0. The molecule has 1 N–H and O–H groups in total. The summed E-state index contributed by atoms with van der Waals surface area (Å²) in [4.78, 5) is 12.8. The quantitative estimate of drug-likeness (QED) is 0.487. The summed E-state index contributed by atoms with van der Waals surface area (Å²) in [6.45, 7) is 0.129. The van der Waals surface area contributed by atoms with E-state index in [0.29, 0.717) is 6.42 Å². The molecule has 0 aliphatic carbocycles. The molecule has 10 nitrogen and oxygen atoms in total. The van der Waals surface area contributed by atoms with Gasteiger partial charge < -0.3 is 4.42 Å². The van der Waals surface area contributed by atoms with Gasteiger partial charge in [0.25, 0.3) is 0 Å². The van der Waals surface area contributed by atoms with Crippen LogP contribution < -0.4 is 5.32 Å². The van der Waals surface area contributed by atoms with Gasteiger partial charge in [0.05, 0.1) is 15.5 Å². The summed E-state index contributed by atoms with van der Waals surface area (Å²) in [7, 11) is -7.57. The van der Waals surface area contributed by atoms with Gasteiger partial charge in [-0.25, -0.2) is 21.2 Å². The van der Waals surface area contributed by atoms with Gasteiger partial charge in [-0.2, -0.15) is 4.31 Å². The minimum absolute atomic E-state index is 0.0111. The van der Waals surface area contributed by atoms with Gasteiger partial charge in [-0.3, -0.25) is 10.1 Å². The van der Waals surface area contributed by atoms with E-state index in [0.717, 1.165) is 28.6 Å². The van der Waals surface area contributed by atoms with E-state index in [1.165, 1.54) is 12.1 Å². The number of aromatic nitrogens is 2. The van der Waals surface area contributed by atoms with Crippen molar-refractivity contribution >= 4 is 31.8 Å². The highest BCUT2D eigenvalue weighted by atomic mass is 32.2. The van der Waals surface area contributed by atoms with Crippen LogP contribution in [0.2, 0.25) is 0 Å². The summed E-state index contributed by atoms with van der Waals surface area (Å²) in [6.07, 6.45) is 0.683. The largest absolute Gasteiger partial charge is 0.408 e. The van der Waals surface area contributed by atoms with Crippen LogP contribution in [0.3, 0.4) is 0 Å². The number of anilines is 1. The fourth-order valence-electron chi connectivity index (χ4n) is 3.59. The zero-order chi connectivity index (χ0) is 24.3. The normalized spacial score (nSPS) is 17.0. The first-order valence-corrected chi connectivity index (χ1v) is 13.4. The molecular weight excluding hydrogens is 487 g/mol. The first kappa shape index (κ1) is 24.0. The van der Waals surface area contributed by atoms with Crippen molar-refractivity contribution in [1.29, 1.82) is 0 Å². The summed E-state index contributed by atoms with van der Waals surface area (Å²) < 4.78 is 70.2. The first-order valence-electron chi connectivity index (χ1n) is 10.4. The number of nitrogens with zero attached hydrogens (tertiary/aromatic N) is 3. The number of halogens is 1. The highest BCUT2D eigenvalue weighted by Crippen LogP contribution is 2.27. The van der Waals surface area contributed by atoms with Crippen molar-refractivity contribution in [2.75, 3.05) is 17.6 Å². The zero-order valence-electron chi connectivity index (χ0n) is 17.8. The second-order valence-electron chi connectivity index (χ2n) is 7.60. The highest BCUT2D eigenvalue weighted by molar-refractivity contribution is 7.91. The Hall–Kier alpha value is -3.16. The SMILES string of the molecule is O=C(Nc1nnc(CCS(=O)(=O)c2ccccc2)o1)C1CCCN1S(=O)(=O)c1ccc(F)cc1. The van der Waals surface area contributed by atoms with Crippen LogP contribution in [0.25, 0.3) is 0 Å². The van der Waals surface area contributed by atoms with Crippen LogP contribution >= 0.6 is 0 Å². The Morgan fingerprint density at radius 3 is 2.44 bits per heavy atom. The molecule has 1 aromatic heterocycles. The van der Waals surface area contributed by atoms with Gasteiger partial charge in [0.2, 0.25) is 21.8 Å². The van der Waals surface area contributed by atoms with E-state index in [9.17, 15) is 26.0 Å². The molecule has 4 rings (SSSR count). The number of nitrogens with one attached hydrogen (secondary N) is 1. The van der Waals surface area contributed by atoms with E-state index in [2.05, 4.69) is 15.5 Å². The van der Waals surface area contributed by atoms with E-state index in [-0.39, 0.29) is 46.8 Å². The number of carbonyl (C=O) groups is 1. The molecule has 1 fully saturated rings. The van der Waals surface area contributed by atoms with Gasteiger partial charge in [-0.15, -0.1) is 5.10 Å². The first-order chi connectivity index (χ1) is 16.2. The van der Waals surface area contributed by atoms with Gasteiger partial charge in [-0.05, 0) is 49.2 Å². The standard InChI is InChI=1S/C21H21FN4O6S2/c22-15-8-10-17(11-9-15)34(30,31)26-13-4-7-18(26)20(27)23-21-25-24-19(32-21)12-14-33(28,29)16-5-2-1-3-6-16/h1-3,5-6,8-11,18H,4,7,12-14H2,(H,23,25,27). The lowest BCUT2D eigenvalue weighted by molar-refractivity contribution is -0.119. The zero-order valence-corrected chi connectivity index (χ0v) is 19.4.